The maximum atomic E-state index is 12.7. The van der Waals surface area contributed by atoms with Crippen LogP contribution in [0.25, 0.3) is 0 Å². The molecule has 0 saturated heterocycles. The van der Waals surface area contributed by atoms with Crippen LogP contribution in [0.1, 0.15) is 71.4 Å². The number of nitrogens with one attached hydrogen (secondary N) is 2. The number of aryl methyl sites for hydroxylation is 2. The topological polar surface area (TPSA) is 98.7 Å². The average Bonchev–Trinajstić information content (AvgIpc) is 2.84. The molecule has 0 aliphatic carbocycles. The van der Waals surface area contributed by atoms with E-state index >= 15 is 0 Å². The van der Waals surface area contributed by atoms with Gasteiger partial charge in [-0.15, -0.1) is 0 Å². The third-order valence-electron chi connectivity index (χ3n) is 5.65. The molecule has 6 nitrogen and oxygen atoms in total. The molecule has 0 atom stereocenters. The number of hydrogen-bond donors (Lipinski definition) is 4. The SMILES string of the molecule is CCCCc1ccc(O)c(C(=O)Nc2ccc(NC(=O)c3cc(CCCC)ccc3O)cc2)c1. The van der Waals surface area contributed by atoms with Gasteiger partial charge in [-0.3, -0.25) is 9.59 Å². The summed E-state index contributed by atoms with van der Waals surface area (Å²) in [4.78, 5) is 25.4. The van der Waals surface area contributed by atoms with Gasteiger partial charge < -0.3 is 20.8 Å². The number of aromatic hydroxyl groups is 2. The van der Waals surface area contributed by atoms with Gasteiger partial charge in [-0.05, 0) is 85.3 Å². The van der Waals surface area contributed by atoms with E-state index in [-0.39, 0.29) is 22.6 Å². The van der Waals surface area contributed by atoms with Gasteiger partial charge in [0.2, 0.25) is 0 Å². The second-order valence-corrected chi connectivity index (χ2v) is 8.40. The van der Waals surface area contributed by atoms with Gasteiger partial charge in [0.05, 0.1) is 11.1 Å². The number of amides is 2. The van der Waals surface area contributed by atoms with Gasteiger partial charge in [0.1, 0.15) is 11.5 Å². The largest absolute Gasteiger partial charge is 0.507 e. The molecule has 3 aromatic rings. The van der Waals surface area contributed by atoms with Gasteiger partial charge in [-0.25, -0.2) is 0 Å². The molecule has 34 heavy (non-hydrogen) atoms. The number of unbranched alkanes of at least 4 members (excludes halogenated alkanes) is 2. The van der Waals surface area contributed by atoms with Crippen molar-refractivity contribution in [2.24, 2.45) is 0 Å². The van der Waals surface area contributed by atoms with Crippen LogP contribution in [0, 0.1) is 0 Å². The molecule has 0 saturated carbocycles. The van der Waals surface area contributed by atoms with Crippen LogP contribution in [-0.2, 0) is 12.8 Å². The molecule has 0 bridgehead atoms. The lowest BCUT2D eigenvalue weighted by molar-refractivity contribution is 0.101. The van der Waals surface area contributed by atoms with Gasteiger partial charge in [0.15, 0.2) is 0 Å². The molecule has 0 heterocycles. The Hall–Kier alpha value is -3.80. The molecule has 2 amide bonds. The number of carbonyl (C=O) groups is 2. The predicted molar refractivity (Wildman–Crippen MR) is 136 cm³/mol. The van der Waals surface area contributed by atoms with Crippen LogP contribution in [0.3, 0.4) is 0 Å². The first kappa shape index (κ1) is 24.8. The number of phenolic OH excluding ortho intramolecular Hbond substituents is 2. The first-order valence-electron chi connectivity index (χ1n) is 11.8. The highest BCUT2D eigenvalue weighted by Crippen LogP contribution is 2.24. The molecule has 6 heteroatoms. The molecular formula is C28H32N2O4. The van der Waals surface area contributed by atoms with Crippen molar-refractivity contribution in [2.75, 3.05) is 10.6 Å². The van der Waals surface area contributed by atoms with Crippen LogP contribution in [0.4, 0.5) is 11.4 Å². The lowest BCUT2D eigenvalue weighted by atomic mass is 10.0. The monoisotopic (exact) mass is 460 g/mol. The predicted octanol–water partition coefficient (Wildman–Crippen LogP) is 6.29. The summed E-state index contributed by atoms with van der Waals surface area (Å²) in [6.07, 6.45) is 5.83. The van der Waals surface area contributed by atoms with Crippen LogP contribution < -0.4 is 10.6 Å². The standard InChI is InChI=1S/C28H32N2O4/c1-3-5-7-19-9-15-25(31)23(17-19)27(33)29-21-11-13-22(14-12-21)30-28(34)24-18-20(8-6-4-2)10-16-26(24)32/h9-18,31-32H,3-8H2,1-2H3,(H,29,33)(H,30,34). The van der Waals surface area contributed by atoms with Crippen molar-refractivity contribution >= 4 is 23.2 Å². The van der Waals surface area contributed by atoms with E-state index in [2.05, 4.69) is 24.5 Å². The van der Waals surface area contributed by atoms with E-state index in [1.54, 1.807) is 48.5 Å². The van der Waals surface area contributed by atoms with Crippen LogP contribution >= 0.6 is 0 Å². The molecule has 0 aliphatic heterocycles. The lowest BCUT2D eigenvalue weighted by Gasteiger charge is -2.11. The van der Waals surface area contributed by atoms with Crippen LogP contribution in [-0.4, -0.2) is 22.0 Å². The van der Waals surface area contributed by atoms with Crippen LogP contribution in [0.5, 0.6) is 11.5 Å². The summed E-state index contributed by atoms with van der Waals surface area (Å²) in [5, 5.41) is 25.8. The number of benzene rings is 3. The Morgan fingerprint density at radius 3 is 1.38 bits per heavy atom. The first-order chi connectivity index (χ1) is 16.4. The van der Waals surface area contributed by atoms with E-state index < -0.39 is 11.8 Å². The van der Waals surface area contributed by atoms with Gasteiger partial charge in [-0.1, -0.05) is 38.8 Å². The maximum Gasteiger partial charge on any atom is 0.259 e. The van der Waals surface area contributed by atoms with E-state index in [0.29, 0.717) is 11.4 Å². The zero-order valence-electron chi connectivity index (χ0n) is 19.7. The number of hydrogen-bond acceptors (Lipinski definition) is 4. The fourth-order valence-electron chi connectivity index (χ4n) is 3.64. The molecule has 0 spiro atoms. The van der Waals surface area contributed by atoms with Gasteiger partial charge >= 0.3 is 0 Å². The molecule has 3 rings (SSSR count). The molecule has 0 aliphatic rings. The van der Waals surface area contributed by atoms with Crippen molar-refractivity contribution in [1.82, 2.24) is 0 Å². The zero-order valence-corrected chi connectivity index (χ0v) is 19.7. The van der Waals surface area contributed by atoms with Crippen molar-refractivity contribution in [3.63, 3.8) is 0 Å². The normalized spacial score (nSPS) is 10.6. The molecular weight excluding hydrogens is 428 g/mol. The Balaban J connectivity index is 1.66. The second kappa shape index (κ2) is 11.9. The first-order valence-corrected chi connectivity index (χ1v) is 11.8. The van der Waals surface area contributed by atoms with Crippen molar-refractivity contribution < 1.29 is 19.8 Å². The number of anilines is 2. The Morgan fingerprint density at radius 1 is 0.647 bits per heavy atom. The summed E-state index contributed by atoms with van der Waals surface area (Å²) in [6, 6.07) is 16.9. The zero-order chi connectivity index (χ0) is 24.5. The molecule has 178 valence electrons. The quantitative estimate of drug-likeness (QED) is 0.286. The summed E-state index contributed by atoms with van der Waals surface area (Å²) < 4.78 is 0. The average molecular weight is 461 g/mol. The van der Waals surface area contributed by atoms with E-state index in [1.165, 1.54) is 0 Å². The van der Waals surface area contributed by atoms with Crippen molar-refractivity contribution in [2.45, 2.75) is 52.4 Å². The van der Waals surface area contributed by atoms with Crippen molar-refractivity contribution in [3.8, 4) is 11.5 Å². The lowest BCUT2D eigenvalue weighted by Crippen LogP contribution is -2.14. The maximum absolute atomic E-state index is 12.7. The number of phenols is 2. The highest BCUT2D eigenvalue weighted by atomic mass is 16.3. The van der Waals surface area contributed by atoms with Gasteiger partial charge in [-0.2, -0.15) is 0 Å². The molecule has 4 N–H and O–H groups in total. The molecule has 0 unspecified atom stereocenters. The summed E-state index contributed by atoms with van der Waals surface area (Å²) in [5.41, 5.74) is 3.53. The summed E-state index contributed by atoms with van der Waals surface area (Å²) in [6.45, 7) is 4.21. The fourth-order valence-corrected chi connectivity index (χ4v) is 3.64. The van der Waals surface area contributed by atoms with Crippen molar-refractivity contribution in [3.05, 3.63) is 82.9 Å². The van der Waals surface area contributed by atoms with E-state index in [0.717, 1.165) is 49.7 Å². The highest BCUT2D eigenvalue weighted by Gasteiger charge is 2.14. The van der Waals surface area contributed by atoms with E-state index in [4.69, 9.17) is 0 Å². The summed E-state index contributed by atoms with van der Waals surface area (Å²) in [7, 11) is 0. The minimum Gasteiger partial charge on any atom is -0.507 e. The summed E-state index contributed by atoms with van der Waals surface area (Å²) >= 11 is 0. The summed E-state index contributed by atoms with van der Waals surface area (Å²) in [5.74, 6) is -0.937. The second-order valence-electron chi connectivity index (χ2n) is 8.40. The van der Waals surface area contributed by atoms with Crippen molar-refractivity contribution in [1.29, 1.82) is 0 Å². The third-order valence-corrected chi connectivity index (χ3v) is 5.65. The Morgan fingerprint density at radius 2 is 1.03 bits per heavy atom. The molecule has 0 aromatic heterocycles. The molecule has 0 radical (unpaired) electrons. The number of rotatable bonds is 10. The fraction of sp³-hybridized carbons (Fsp3) is 0.286. The van der Waals surface area contributed by atoms with E-state index in [9.17, 15) is 19.8 Å². The van der Waals surface area contributed by atoms with Gasteiger partial charge in [0.25, 0.3) is 11.8 Å². The van der Waals surface area contributed by atoms with Crippen LogP contribution in [0.15, 0.2) is 60.7 Å². The molecule has 0 fully saturated rings. The molecule has 3 aromatic carbocycles. The third kappa shape index (κ3) is 6.61. The Bertz CT molecular complexity index is 1050. The van der Waals surface area contributed by atoms with E-state index in [1.807, 2.05) is 12.1 Å². The smallest absolute Gasteiger partial charge is 0.259 e. The highest BCUT2D eigenvalue weighted by molar-refractivity contribution is 6.07. The number of carbonyl (C=O) groups excluding carboxylic acids is 2. The Labute approximate surface area is 200 Å². The van der Waals surface area contributed by atoms with Gasteiger partial charge in [0, 0.05) is 11.4 Å². The minimum atomic E-state index is -0.401. The Kier molecular flexibility index (Phi) is 8.68. The van der Waals surface area contributed by atoms with Crippen LogP contribution in [0.2, 0.25) is 0 Å². The minimum absolute atomic E-state index is 0.0670.